The van der Waals surface area contributed by atoms with E-state index in [1.165, 1.54) is 12.1 Å². The van der Waals surface area contributed by atoms with Gasteiger partial charge < -0.3 is 20.4 Å². The molecule has 3 rings (SSSR count). The molecule has 1 fully saturated rings. The molecule has 1 saturated heterocycles. The summed E-state index contributed by atoms with van der Waals surface area (Å²) in [4.78, 5) is 27.9. The first-order valence-corrected chi connectivity index (χ1v) is 9.79. The second-order valence-corrected chi connectivity index (χ2v) is 7.35. The summed E-state index contributed by atoms with van der Waals surface area (Å²) in [6.07, 6.45) is 1.83. The number of rotatable bonds is 5. The number of urea groups is 1. The van der Waals surface area contributed by atoms with Crippen LogP contribution in [0.4, 0.5) is 14.9 Å². The van der Waals surface area contributed by atoms with Crippen LogP contribution in [0.1, 0.15) is 28.8 Å². The molecule has 0 radical (unpaired) electrons. The van der Waals surface area contributed by atoms with Crippen molar-refractivity contribution in [2.24, 2.45) is 0 Å². The molecule has 1 atom stereocenters. The number of hydrogen-bond donors (Lipinski definition) is 2. The van der Waals surface area contributed by atoms with Crippen molar-refractivity contribution in [2.45, 2.75) is 25.4 Å². The number of anilines is 1. The number of carbonyl (C=O) groups is 2. The van der Waals surface area contributed by atoms with Gasteiger partial charge in [-0.05, 0) is 48.7 Å². The van der Waals surface area contributed by atoms with Crippen molar-refractivity contribution in [1.82, 2.24) is 15.5 Å². The van der Waals surface area contributed by atoms with Gasteiger partial charge in [-0.1, -0.05) is 18.2 Å². The number of nitrogens with one attached hydrogen (secondary N) is 2. The van der Waals surface area contributed by atoms with Crippen LogP contribution in [0.15, 0.2) is 48.5 Å². The van der Waals surface area contributed by atoms with E-state index in [-0.39, 0.29) is 23.8 Å². The smallest absolute Gasteiger partial charge is 0.317 e. The molecule has 6 nitrogen and oxygen atoms in total. The molecule has 1 aliphatic heterocycles. The lowest BCUT2D eigenvalue weighted by atomic mass is 10.0. The highest BCUT2D eigenvalue weighted by Crippen LogP contribution is 2.21. The first-order valence-electron chi connectivity index (χ1n) is 9.79. The average Bonchev–Trinajstić information content (AvgIpc) is 2.74. The number of amides is 3. The van der Waals surface area contributed by atoms with Gasteiger partial charge in [0.1, 0.15) is 5.82 Å². The summed E-state index contributed by atoms with van der Waals surface area (Å²) < 4.78 is 13.5. The third-order valence-corrected chi connectivity index (χ3v) is 5.13. The number of hydrogen-bond acceptors (Lipinski definition) is 3. The van der Waals surface area contributed by atoms with Crippen LogP contribution in [0.5, 0.6) is 0 Å². The van der Waals surface area contributed by atoms with Crippen LogP contribution in [0.2, 0.25) is 0 Å². The number of nitrogens with zero attached hydrogens (tertiary/aromatic N) is 2. The van der Waals surface area contributed by atoms with E-state index in [4.69, 9.17) is 0 Å². The largest absolute Gasteiger partial charge is 0.369 e. The van der Waals surface area contributed by atoms with Crippen LogP contribution in [0.25, 0.3) is 0 Å². The first-order chi connectivity index (χ1) is 14.0. The number of benzene rings is 2. The molecule has 2 aromatic rings. The lowest BCUT2D eigenvalue weighted by Gasteiger charge is -2.35. The highest BCUT2D eigenvalue weighted by Gasteiger charge is 2.23. The predicted octanol–water partition coefficient (Wildman–Crippen LogP) is 3.00. The Balaban J connectivity index is 1.54. The molecule has 7 heteroatoms. The molecule has 1 aliphatic rings. The highest BCUT2D eigenvalue weighted by molar-refractivity contribution is 5.93. The minimum atomic E-state index is -0.254. The molecule has 2 aromatic carbocycles. The fraction of sp³-hybridized carbons (Fsp3) is 0.364. The predicted molar refractivity (Wildman–Crippen MR) is 111 cm³/mol. The maximum Gasteiger partial charge on any atom is 0.317 e. The Labute approximate surface area is 170 Å². The second kappa shape index (κ2) is 9.41. The van der Waals surface area contributed by atoms with Crippen LogP contribution in [0.3, 0.4) is 0 Å². The summed E-state index contributed by atoms with van der Waals surface area (Å²) in [5.74, 6) is -0.390. The normalized spacial score (nSPS) is 16.2. The van der Waals surface area contributed by atoms with E-state index < -0.39 is 0 Å². The van der Waals surface area contributed by atoms with E-state index in [9.17, 15) is 14.0 Å². The van der Waals surface area contributed by atoms with Crippen molar-refractivity contribution in [3.8, 4) is 0 Å². The zero-order valence-electron chi connectivity index (χ0n) is 16.8. The van der Waals surface area contributed by atoms with Gasteiger partial charge in [0.15, 0.2) is 0 Å². The van der Waals surface area contributed by atoms with Crippen molar-refractivity contribution < 1.29 is 14.0 Å². The zero-order valence-corrected chi connectivity index (χ0v) is 16.8. The van der Waals surface area contributed by atoms with Crippen LogP contribution >= 0.6 is 0 Å². The van der Waals surface area contributed by atoms with Crippen LogP contribution < -0.4 is 15.5 Å². The molecule has 0 aromatic heterocycles. The Morgan fingerprint density at radius 1 is 1.21 bits per heavy atom. The standard InChI is InChI=1S/C22H27FN4O2/c1-24-21(28)17-10-8-16(9-11-17)14-26(2)22(29)25-19-6-4-12-27(15-19)20-7-3-5-18(23)13-20/h3,5,7-11,13,19H,4,6,12,14-15H2,1-2H3,(H,24,28)(H,25,29). The molecule has 154 valence electrons. The summed E-state index contributed by atoms with van der Waals surface area (Å²) >= 11 is 0. The van der Waals surface area contributed by atoms with E-state index in [0.717, 1.165) is 30.6 Å². The van der Waals surface area contributed by atoms with Gasteiger partial charge in [-0.25, -0.2) is 9.18 Å². The van der Waals surface area contributed by atoms with Gasteiger partial charge in [0.25, 0.3) is 5.91 Å². The van der Waals surface area contributed by atoms with Crippen LogP contribution in [-0.2, 0) is 6.54 Å². The quantitative estimate of drug-likeness (QED) is 0.814. The lowest BCUT2D eigenvalue weighted by Crippen LogP contribution is -2.50. The van der Waals surface area contributed by atoms with Gasteiger partial charge in [0.05, 0.1) is 0 Å². The van der Waals surface area contributed by atoms with Gasteiger partial charge in [-0.2, -0.15) is 0 Å². The molecule has 29 heavy (non-hydrogen) atoms. The van der Waals surface area contributed by atoms with E-state index in [1.54, 1.807) is 37.2 Å². The van der Waals surface area contributed by atoms with Crippen LogP contribution in [-0.4, -0.2) is 50.1 Å². The Morgan fingerprint density at radius 3 is 2.66 bits per heavy atom. The minimum Gasteiger partial charge on any atom is -0.369 e. The van der Waals surface area contributed by atoms with Gasteiger partial charge in [-0.3, -0.25) is 4.79 Å². The fourth-order valence-electron chi connectivity index (χ4n) is 3.54. The Morgan fingerprint density at radius 2 is 1.97 bits per heavy atom. The monoisotopic (exact) mass is 398 g/mol. The van der Waals surface area contributed by atoms with Gasteiger partial charge in [0.2, 0.25) is 0 Å². The van der Waals surface area contributed by atoms with Crippen molar-refractivity contribution in [1.29, 1.82) is 0 Å². The highest BCUT2D eigenvalue weighted by atomic mass is 19.1. The molecule has 0 saturated carbocycles. The van der Waals surface area contributed by atoms with Crippen LogP contribution in [0, 0.1) is 5.82 Å². The van der Waals surface area contributed by atoms with E-state index in [2.05, 4.69) is 15.5 Å². The maximum absolute atomic E-state index is 13.5. The van der Waals surface area contributed by atoms with Gasteiger partial charge in [0, 0.05) is 51.0 Å². The molecular weight excluding hydrogens is 371 g/mol. The molecule has 0 aliphatic carbocycles. The fourth-order valence-corrected chi connectivity index (χ4v) is 3.54. The van der Waals surface area contributed by atoms with Crippen molar-refractivity contribution in [3.05, 3.63) is 65.5 Å². The van der Waals surface area contributed by atoms with Crippen molar-refractivity contribution >= 4 is 17.6 Å². The van der Waals surface area contributed by atoms with E-state index in [1.807, 2.05) is 18.2 Å². The topological polar surface area (TPSA) is 64.7 Å². The van der Waals surface area contributed by atoms with Crippen molar-refractivity contribution in [2.75, 3.05) is 32.1 Å². The summed E-state index contributed by atoms with van der Waals surface area (Å²) in [5, 5.41) is 5.66. The van der Waals surface area contributed by atoms with E-state index >= 15 is 0 Å². The summed E-state index contributed by atoms with van der Waals surface area (Å²) in [5.41, 5.74) is 2.37. The molecule has 1 heterocycles. The third-order valence-electron chi connectivity index (χ3n) is 5.13. The first kappa shape index (κ1) is 20.6. The maximum atomic E-state index is 13.5. The lowest BCUT2D eigenvalue weighted by molar-refractivity contribution is 0.0963. The van der Waals surface area contributed by atoms with Gasteiger partial charge in [-0.15, -0.1) is 0 Å². The Bertz CT molecular complexity index is 856. The molecule has 1 unspecified atom stereocenters. The summed E-state index contributed by atoms with van der Waals surface area (Å²) in [6.45, 7) is 1.95. The zero-order chi connectivity index (χ0) is 20.8. The van der Waals surface area contributed by atoms with E-state index in [0.29, 0.717) is 18.7 Å². The average molecular weight is 398 g/mol. The van der Waals surface area contributed by atoms with Crippen molar-refractivity contribution in [3.63, 3.8) is 0 Å². The molecule has 2 N–H and O–H groups in total. The number of carbonyl (C=O) groups excluding carboxylic acids is 2. The number of halogens is 1. The second-order valence-electron chi connectivity index (χ2n) is 7.35. The molecular formula is C22H27FN4O2. The van der Waals surface area contributed by atoms with Gasteiger partial charge >= 0.3 is 6.03 Å². The Kier molecular flexibility index (Phi) is 6.69. The number of piperidine rings is 1. The SMILES string of the molecule is CNC(=O)c1ccc(CN(C)C(=O)NC2CCCN(c3cccc(F)c3)C2)cc1. The molecule has 0 bridgehead atoms. The molecule has 0 spiro atoms. The third kappa shape index (κ3) is 5.47. The summed E-state index contributed by atoms with van der Waals surface area (Å²) in [7, 11) is 3.34. The summed E-state index contributed by atoms with van der Waals surface area (Å²) in [6, 6.07) is 13.6. The molecule has 3 amide bonds. The minimum absolute atomic E-state index is 0.0117. The Hall–Kier alpha value is -3.09.